The minimum Gasteiger partial charge on any atom is -0.465 e. The number of halogens is 1. The third kappa shape index (κ3) is 3.53. The quantitative estimate of drug-likeness (QED) is 0.788. The van der Waals surface area contributed by atoms with Gasteiger partial charge in [-0.15, -0.1) is 0 Å². The molecular weight excluding hydrogens is 262 g/mol. The average molecular weight is 274 g/mol. The minimum absolute atomic E-state index is 0.0429. The van der Waals surface area contributed by atoms with Crippen molar-refractivity contribution in [3.63, 3.8) is 0 Å². The third-order valence-corrected chi connectivity index (χ3v) is 2.52. The lowest BCUT2D eigenvalue weighted by atomic mass is 9.96. The van der Waals surface area contributed by atoms with Gasteiger partial charge in [0.05, 0.1) is 6.54 Å². The molecule has 0 saturated carbocycles. The van der Waals surface area contributed by atoms with Crippen LogP contribution in [0.5, 0.6) is 0 Å². The first-order valence-corrected chi connectivity index (χ1v) is 5.16. The van der Waals surface area contributed by atoms with E-state index < -0.39 is 11.7 Å². The van der Waals surface area contributed by atoms with Crippen molar-refractivity contribution in [3.05, 3.63) is 34.3 Å². The van der Waals surface area contributed by atoms with Crippen LogP contribution < -0.4 is 5.32 Å². The summed E-state index contributed by atoms with van der Waals surface area (Å²) in [6.45, 7) is 1.52. The van der Waals surface area contributed by atoms with Gasteiger partial charge in [-0.2, -0.15) is 0 Å². The SMILES string of the molecule is C[C@](O)(CNC(=O)O)c1cccc(Br)c1. The van der Waals surface area contributed by atoms with Crippen LogP contribution >= 0.6 is 15.9 Å². The number of carboxylic acid groups (broad SMARTS) is 1. The second-order valence-corrected chi connectivity index (χ2v) is 4.36. The second-order valence-electron chi connectivity index (χ2n) is 3.44. The van der Waals surface area contributed by atoms with Crippen molar-refractivity contribution in [3.8, 4) is 0 Å². The Hall–Kier alpha value is -1.07. The fourth-order valence-electron chi connectivity index (χ4n) is 1.17. The van der Waals surface area contributed by atoms with Gasteiger partial charge in [-0.25, -0.2) is 4.79 Å². The summed E-state index contributed by atoms with van der Waals surface area (Å²) in [5.74, 6) is 0. The van der Waals surface area contributed by atoms with Gasteiger partial charge in [0, 0.05) is 4.47 Å². The molecule has 0 bridgehead atoms. The standard InChI is InChI=1S/C10H12BrNO3/c1-10(15,6-12-9(13)14)7-3-2-4-8(11)5-7/h2-5,12,15H,6H2,1H3,(H,13,14)/t10-/m0/s1. The van der Waals surface area contributed by atoms with E-state index in [9.17, 15) is 9.90 Å². The lowest BCUT2D eigenvalue weighted by molar-refractivity contribution is 0.0566. The van der Waals surface area contributed by atoms with Crippen molar-refractivity contribution in [2.75, 3.05) is 6.54 Å². The van der Waals surface area contributed by atoms with E-state index in [4.69, 9.17) is 5.11 Å². The van der Waals surface area contributed by atoms with Crippen molar-refractivity contribution >= 4 is 22.0 Å². The molecule has 0 aliphatic carbocycles. The highest BCUT2D eigenvalue weighted by atomic mass is 79.9. The maximum absolute atomic E-state index is 10.3. The average Bonchev–Trinajstić information content (AvgIpc) is 2.15. The number of nitrogens with one attached hydrogen (secondary N) is 1. The van der Waals surface area contributed by atoms with Crippen LogP contribution in [0.25, 0.3) is 0 Å². The number of aliphatic hydroxyl groups is 1. The van der Waals surface area contributed by atoms with Crippen molar-refractivity contribution in [2.45, 2.75) is 12.5 Å². The van der Waals surface area contributed by atoms with Crippen LogP contribution in [0.4, 0.5) is 4.79 Å². The first kappa shape index (κ1) is 12.0. The van der Waals surface area contributed by atoms with E-state index in [1.54, 1.807) is 25.1 Å². The Labute approximate surface area is 96.1 Å². The molecule has 5 heteroatoms. The Morgan fingerprint density at radius 3 is 2.80 bits per heavy atom. The maximum Gasteiger partial charge on any atom is 0.404 e. The summed E-state index contributed by atoms with van der Waals surface area (Å²) < 4.78 is 0.843. The molecule has 0 radical (unpaired) electrons. The van der Waals surface area contributed by atoms with Crippen LogP contribution in [-0.2, 0) is 5.60 Å². The summed E-state index contributed by atoms with van der Waals surface area (Å²) in [6, 6.07) is 7.12. The van der Waals surface area contributed by atoms with Crippen LogP contribution in [0, 0.1) is 0 Å². The Balaban J connectivity index is 2.80. The molecule has 1 amide bonds. The third-order valence-electron chi connectivity index (χ3n) is 2.03. The normalized spacial score (nSPS) is 14.3. The van der Waals surface area contributed by atoms with E-state index in [0.29, 0.717) is 5.56 Å². The second kappa shape index (κ2) is 4.63. The van der Waals surface area contributed by atoms with Gasteiger partial charge in [0.1, 0.15) is 5.60 Å². The van der Waals surface area contributed by atoms with Crippen molar-refractivity contribution in [1.29, 1.82) is 0 Å². The summed E-state index contributed by atoms with van der Waals surface area (Å²) in [5.41, 5.74) is -0.548. The van der Waals surface area contributed by atoms with Gasteiger partial charge in [0.2, 0.25) is 0 Å². The Morgan fingerprint density at radius 2 is 2.27 bits per heavy atom. The molecule has 4 nitrogen and oxygen atoms in total. The first-order chi connectivity index (χ1) is 6.92. The fraction of sp³-hybridized carbons (Fsp3) is 0.300. The number of rotatable bonds is 3. The summed E-state index contributed by atoms with van der Waals surface area (Å²) >= 11 is 3.29. The summed E-state index contributed by atoms with van der Waals surface area (Å²) in [6.07, 6.45) is -1.15. The lowest BCUT2D eigenvalue weighted by Crippen LogP contribution is -2.37. The minimum atomic E-state index is -1.21. The van der Waals surface area contributed by atoms with Gasteiger partial charge in [0.25, 0.3) is 0 Å². The molecule has 0 fully saturated rings. The molecule has 0 unspecified atom stereocenters. The predicted octanol–water partition coefficient (Wildman–Crippen LogP) is 1.92. The molecule has 0 aliphatic heterocycles. The monoisotopic (exact) mass is 273 g/mol. The van der Waals surface area contributed by atoms with E-state index in [1.807, 2.05) is 6.07 Å². The molecule has 1 atom stereocenters. The summed E-state index contributed by atoms with van der Waals surface area (Å²) in [4.78, 5) is 10.3. The summed E-state index contributed by atoms with van der Waals surface area (Å²) in [7, 11) is 0. The van der Waals surface area contributed by atoms with Crippen molar-refractivity contribution < 1.29 is 15.0 Å². The molecule has 1 aromatic rings. The molecular formula is C10H12BrNO3. The molecule has 1 rings (SSSR count). The molecule has 82 valence electrons. The van der Waals surface area contributed by atoms with Crippen molar-refractivity contribution in [1.82, 2.24) is 5.32 Å². The fourth-order valence-corrected chi connectivity index (χ4v) is 1.57. The smallest absolute Gasteiger partial charge is 0.404 e. The van der Waals surface area contributed by atoms with E-state index in [0.717, 1.165) is 4.47 Å². The predicted molar refractivity (Wildman–Crippen MR) is 59.7 cm³/mol. The number of benzene rings is 1. The Kier molecular flexibility index (Phi) is 3.71. The zero-order valence-corrected chi connectivity index (χ0v) is 9.78. The Morgan fingerprint density at radius 1 is 1.60 bits per heavy atom. The molecule has 0 spiro atoms. The van der Waals surface area contributed by atoms with Crippen LogP contribution in [0.1, 0.15) is 12.5 Å². The number of hydrogen-bond acceptors (Lipinski definition) is 2. The van der Waals surface area contributed by atoms with Crippen LogP contribution in [0.15, 0.2) is 28.7 Å². The number of hydrogen-bond donors (Lipinski definition) is 3. The molecule has 0 aliphatic rings. The molecule has 0 saturated heterocycles. The number of carbonyl (C=O) groups is 1. The zero-order chi connectivity index (χ0) is 11.5. The highest BCUT2D eigenvalue weighted by molar-refractivity contribution is 9.10. The van der Waals surface area contributed by atoms with Crippen LogP contribution in [-0.4, -0.2) is 22.9 Å². The van der Waals surface area contributed by atoms with E-state index >= 15 is 0 Å². The van der Waals surface area contributed by atoms with Crippen LogP contribution in [0.2, 0.25) is 0 Å². The molecule has 0 heterocycles. The lowest BCUT2D eigenvalue weighted by Gasteiger charge is -2.23. The topological polar surface area (TPSA) is 69.6 Å². The van der Waals surface area contributed by atoms with Crippen LogP contribution in [0.3, 0.4) is 0 Å². The highest BCUT2D eigenvalue weighted by Crippen LogP contribution is 2.22. The van der Waals surface area contributed by atoms with Gasteiger partial charge < -0.3 is 15.5 Å². The van der Waals surface area contributed by atoms with Gasteiger partial charge in [0.15, 0.2) is 0 Å². The first-order valence-electron chi connectivity index (χ1n) is 4.37. The van der Waals surface area contributed by atoms with E-state index in [-0.39, 0.29) is 6.54 Å². The molecule has 0 aromatic heterocycles. The molecule has 3 N–H and O–H groups in total. The van der Waals surface area contributed by atoms with Gasteiger partial charge in [-0.3, -0.25) is 0 Å². The largest absolute Gasteiger partial charge is 0.465 e. The van der Waals surface area contributed by atoms with Gasteiger partial charge >= 0.3 is 6.09 Å². The maximum atomic E-state index is 10.3. The Bertz CT molecular complexity index is 365. The van der Waals surface area contributed by atoms with Gasteiger partial charge in [-0.1, -0.05) is 28.1 Å². The molecule has 15 heavy (non-hydrogen) atoms. The zero-order valence-electron chi connectivity index (χ0n) is 8.20. The summed E-state index contributed by atoms with van der Waals surface area (Å²) in [5, 5.41) is 20.6. The highest BCUT2D eigenvalue weighted by Gasteiger charge is 2.23. The van der Waals surface area contributed by atoms with E-state index in [2.05, 4.69) is 21.2 Å². The molecule has 1 aromatic carbocycles. The van der Waals surface area contributed by atoms with Gasteiger partial charge in [-0.05, 0) is 24.6 Å². The number of amides is 1. The van der Waals surface area contributed by atoms with Crippen molar-refractivity contribution in [2.24, 2.45) is 0 Å². The van der Waals surface area contributed by atoms with E-state index in [1.165, 1.54) is 0 Å².